The molecular weight excluding hydrogens is 412 g/mol. The zero-order chi connectivity index (χ0) is 22.2. The number of hydrogen-bond acceptors (Lipinski definition) is 9. The summed E-state index contributed by atoms with van der Waals surface area (Å²) in [4.78, 5) is 31.5. The summed E-state index contributed by atoms with van der Waals surface area (Å²) in [5.41, 5.74) is 2.41. The van der Waals surface area contributed by atoms with Crippen LogP contribution in [0.5, 0.6) is 5.75 Å². The van der Waals surface area contributed by atoms with Gasteiger partial charge in [0.25, 0.3) is 11.8 Å². The van der Waals surface area contributed by atoms with Crippen molar-refractivity contribution in [3.05, 3.63) is 60.0 Å². The van der Waals surface area contributed by atoms with E-state index >= 15 is 0 Å². The van der Waals surface area contributed by atoms with Gasteiger partial charge in [0.15, 0.2) is 12.1 Å². The summed E-state index contributed by atoms with van der Waals surface area (Å²) in [5.74, 6) is 0.573. The summed E-state index contributed by atoms with van der Waals surface area (Å²) in [5, 5.41) is 13.5. The average Bonchev–Trinajstić information content (AvgIpc) is 3.48. The van der Waals surface area contributed by atoms with Gasteiger partial charge in [-0.3, -0.25) is 14.6 Å². The molecule has 0 N–H and O–H groups in total. The highest BCUT2D eigenvalue weighted by molar-refractivity contribution is 6.25. The lowest BCUT2D eigenvalue weighted by Crippen LogP contribution is -2.39. The minimum atomic E-state index is -0.895. The maximum absolute atomic E-state index is 13.1. The van der Waals surface area contributed by atoms with Crippen LogP contribution in [0.4, 0.5) is 5.69 Å². The van der Waals surface area contributed by atoms with E-state index in [1.165, 1.54) is 5.01 Å². The molecule has 10 heteroatoms. The molecule has 1 saturated heterocycles. The van der Waals surface area contributed by atoms with Gasteiger partial charge in [-0.1, -0.05) is 40.2 Å². The van der Waals surface area contributed by atoms with Gasteiger partial charge in [0, 0.05) is 5.56 Å². The number of imide groups is 1. The van der Waals surface area contributed by atoms with E-state index in [4.69, 9.17) is 9.26 Å². The first-order valence-electron chi connectivity index (χ1n) is 10.2. The molecule has 2 aromatic carbocycles. The first kappa shape index (κ1) is 19.9. The Morgan fingerprint density at radius 1 is 1.03 bits per heavy atom. The molecule has 1 aromatic heterocycles. The molecule has 5 rings (SSSR count). The number of rotatable bonds is 6. The summed E-state index contributed by atoms with van der Waals surface area (Å²) in [6, 6.07) is 12.8. The van der Waals surface area contributed by atoms with Crippen molar-refractivity contribution in [1.29, 1.82) is 0 Å². The quantitative estimate of drug-likeness (QED) is 0.550. The van der Waals surface area contributed by atoms with Crippen molar-refractivity contribution in [2.24, 2.45) is 10.3 Å². The number of benzene rings is 2. The molecule has 0 bridgehead atoms. The van der Waals surface area contributed by atoms with Crippen LogP contribution < -0.4 is 9.64 Å². The molecule has 0 spiro atoms. The highest BCUT2D eigenvalue weighted by atomic mass is 16.5. The van der Waals surface area contributed by atoms with Crippen LogP contribution >= 0.6 is 0 Å². The number of carbonyl (C=O) groups excluding carboxylic acids is 2. The molecule has 32 heavy (non-hydrogen) atoms. The Kier molecular flexibility index (Phi) is 4.89. The molecule has 162 valence electrons. The van der Waals surface area contributed by atoms with Gasteiger partial charge in [0.1, 0.15) is 12.3 Å². The smallest absolute Gasteiger partial charge is 0.263 e. The first-order chi connectivity index (χ1) is 15.5. The number of nitrogens with zero attached hydrogens (tertiary/aromatic N) is 6. The van der Waals surface area contributed by atoms with Crippen molar-refractivity contribution in [1.82, 2.24) is 15.1 Å². The number of hydrogen-bond donors (Lipinski definition) is 0. The van der Waals surface area contributed by atoms with Crippen molar-refractivity contribution < 1.29 is 18.8 Å². The van der Waals surface area contributed by atoms with Gasteiger partial charge in [-0.2, -0.15) is 10.1 Å². The van der Waals surface area contributed by atoms with Crippen LogP contribution in [-0.2, 0) is 16.1 Å². The second kappa shape index (κ2) is 7.88. The summed E-state index contributed by atoms with van der Waals surface area (Å²) in [6.45, 7) is 4.48. The average molecular weight is 432 g/mol. The Morgan fingerprint density at radius 2 is 1.78 bits per heavy atom. The molecule has 0 unspecified atom stereocenters. The van der Waals surface area contributed by atoms with Gasteiger partial charge in [-0.05, 0) is 38.1 Å². The Labute approximate surface area is 183 Å². The summed E-state index contributed by atoms with van der Waals surface area (Å²) in [7, 11) is 0. The van der Waals surface area contributed by atoms with E-state index < -0.39 is 23.9 Å². The van der Waals surface area contributed by atoms with Crippen molar-refractivity contribution in [2.75, 3.05) is 11.5 Å². The van der Waals surface area contributed by atoms with Crippen LogP contribution in [-0.4, -0.2) is 45.7 Å². The van der Waals surface area contributed by atoms with Crippen molar-refractivity contribution >= 4 is 17.5 Å². The molecule has 3 heterocycles. The standard InChI is InChI=1S/C22H20N6O4/c1-3-31-16-10-8-15(9-11-16)28-21(29)18-19(22(28)30)27(26-24-18)12-17-23-20(25-32-17)14-6-4-13(2)5-7-14/h4-11,18-19H,3,12H2,1-2H3/t18-,19+/m1/s1. The summed E-state index contributed by atoms with van der Waals surface area (Å²) in [6.07, 6.45) is 0. The van der Waals surface area contributed by atoms with E-state index in [1.807, 2.05) is 38.1 Å². The lowest BCUT2D eigenvalue weighted by atomic mass is 10.1. The van der Waals surface area contributed by atoms with Crippen LogP contribution in [0.1, 0.15) is 18.4 Å². The Morgan fingerprint density at radius 3 is 2.50 bits per heavy atom. The minimum Gasteiger partial charge on any atom is -0.494 e. The molecule has 2 atom stereocenters. The van der Waals surface area contributed by atoms with Crippen LogP contribution in [0, 0.1) is 6.92 Å². The topological polar surface area (TPSA) is 113 Å². The van der Waals surface area contributed by atoms with Crippen LogP contribution in [0.3, 0.4) is 0 Å². The van der Waals surface area contributed by atoms with Crippen LogP contribution in [0.15, 0.2) is 63.4 Å². The molecule has 0 saturated carbocycles. The third-order valence-corrected chi connectivity index (χ3v) is 5.34. The highest BCUT2D eigenvalue weighted by Gasteiger charge is 2.55. The molecule has 1 fully saturated rings. The minimum absolute atomic E-state index is 0.0691. The van der Waals surface area contributed by atoms with E-state index in [1.54, 1.807) is 24.3 Å². The SMILES string of the molecule is CCOc1ccc(N2C(=O)[C@@H]3[C@@H](N=NN3Cc3nc(-c4ccc(C)cc4)no3)C2=O)cc1. The third kappa shape index (κ3) is 3.39. The number of amides is 2. The molecular formula is C22H20N6O4. The monoisotopic (exact) mass is 432 g/mol. The molecule has 3 aromatic rings. The molecule has 2 amide bonds. The zero-order valence-corrected chi connectivity index (χ0v) is 17.5. The van der Waals surface area contributed by atoms with Gasteiger partial charge < -0.3 is 9.26 Å². The fraction of sp³-hybridized carbons (Fsp3) is 0.273. The second-order valence-corrected chi connectivity index (χ2v) is 7.51. The zero-order valence-electron chi connectivity index (χ0n) is 17.5. The fourth-order valence-electron chi connectivity index (χ4n) is 3.74. The lowest BCUT2D eigenvalue weighted by molar-refractivity contribution is -0.123. The summed E-state index contributed by atoms with van der Waals surface area (Å²) >= 11 is 0. The van der Waals surface area contributed by atoms with Crippen molar-refractivity contribution in [3.63, 3.8) is 0 Å². The first-order valence-corrected chi connectivity index (χ1v) is 10.2. The maximum Gasteiger partial charge on any atom is 0.263 e. The second-order valence-electron chi connectivity index (χ2n) is 7.51. The Bertz CT molecular complexity index is 1190. The number of aromatic nitrogens is 2. The van der Waals surface area contributed by atoms with E-state index in [2.05, 4.69) is 20.5 Å². The summed E-state index contributed by atoms with van der Waals surface area (Å²) < 4.78 is 10.8. The molecule has 2 aliphatic rings. The van der Waals surface area contributed by atoms with Gasteiger partial charge in [-0.25, -0.2) is 4.90 Å². The van der Waals surface area contributed by atoms with E-state index in [0.29, 0.717) is 23.9 Å². The van der Waals surface area contributed by atoms with Gasteiger partial charge in [-0.15, -0.1) is 0 Å². The van der Waals surface area contributed by atoms with Crippen molar-refractivity contribution in [3.8, 4) is 17.1 Å². The van der Waals surface area contributed by atoms with Gasteiger partial charge in [0.2, 0.25) is 11.7 Å². The molecule has 2 aliphatic heterocycles. The van der Waals surface area contributed by atoms with Crippen molar-refractivity contribution in [2.45, 2.75) is 32.5 Å². The van der Waals surface area contributed by atoms with Crippen LogP contribution in [0.2, 0.25) is 0 Å². The van der Waals surface area contributed by atoms with Gasteiger partial charge in [0.05, 0.1) is 12.3 Å². The number of anilines is 1. The van der Waals surface area contributed by atoms with E-state index in [0.717, 1.165) is 16.0 Å². The van der Waals surface area contributed by atoms with Gasteiger partial charge >= 0.3 is 0 Å². The maximum atomic E-state index is 13.1. The number of fused-ring (bicyclic) bond motifs is 1. The molecule has 0 radical (unpaired) electrons. The lowest BCUT2D eigenvalue weighted by Gasteiger charge is -2.19. The number of ether oxygens (including phenoxy) is 1. The highest BCUT2D eigenvalue weighted by Crippen LogP contribution is 2.33. The Balaban J connectivity index is 1.33. The molecule has 0 aliphatic carbocycles. The van der Waals surface area contributed by atoms with E-state index in [9.17, 15) is 9.59 Å². The fourth-order valence-corrected chi connectivity index (χ4v) is 3.74. The largest absolute Gasteiger partial charge is 0.494 e. The number of aryl methyl sites for hydroxylation is 1. The third-order valence-electron chi connectivity index (χ3n) is 5.34. The Hall–Kier alpha value is -4.08. The number of carbonyl (C=O) groups is 2. The van der Waals surface area contributed by atoms with Crippen LogP contribution in [0.25, 0.3) is 11.4 Å². The van der Waals surface area contributed by atoms with E-state index in [-0.39, 0.29) is 12.4 Å². The predicted molar refractivity (Wildman–Crippen MR) is 113 cm³/mol. The normalized spacial score (nSPS) is 19.7. The predicted octanol–water partition coefficient (Wildman–Crippen LogP) is 2.94. The molecule has 10 nitrogen and oxygen atoms in total.